The van der Waals surface area contributed by atoms with Crippen molar-refractivity contribution >= 4 is 31.6 Å². The van der Waals surface area contributed by atoms with Crippen LogP contribution < -0.4 is 19.1 Å². The van der Waals surface area contributed by atoms with Gasteiger partial charge in [0.05, 0.1) is 34.8 Å². The van der Waals surface area contributed by atoms with E-state index in [1.165, 1.54) is 0 Å². The summed E-state index contributed by atoms with van der Waals surface area (Å²) in [5, 5.41) is 0. The molecule has 0 unspecified atom stereocenters. The molecule has 0 amide bonds. The normalized spacial score (nSPS) is 17.1. The quantitative estimate of drug-likeness (QED) is 0.406. The third-order valence-electron chi connectivity index (χ3n) is 6.11. The zero-order valence-corrected chi connectivity index (χ0v) is 21.3. The minimum Gasteiger partial charge on any atom is -0.497 e. The second kappa shape index (κ2) is 8.82. The molecule has 0 radical (unpaired) electrons. The molecule has 0 spiro atoms. The molecule has 0 aliphatic carbocycles. The van der Waals surface area contributed by atoms with E-state index in [0.29, 0.717) is 34.7 Å². The van der Waals surface area contributed by atoms with Crippen LogP contribution in [0.1, 0.15) is 37.4 Å². The first-order valence-electron chi connectivity index (χ1n) is 11.2. The van der Waals surface area contributed by atoms with E-state index in [0.717, 1.165) is 22.5 Å². The van der Waals surface area contributed by atoms with E-state index in [1.54, 1.807) is 48.1 Å². The summed E-state index contributed by atoms with van der Waals surface area (Å²) in [4.78, 5) is 12.7. The van der Waals surface area contributed by atoms with Gasteiger partial charge in [-0.2, -0.15) is 0 Å². The van der Waals surface area contributed by atoms with E-state index in [4.69, 9.17) is 9.47 Å². The Balaban J connectivity index is 1.48. The number of hydrogen-bond acceptors (Lipinski definition) is 6. The fourth-order valence-electron chi connectivity index (χ4n) is 4.45. The highest BCUT2D eigenvalue weighted by atomic mass is 32.2. The SMILES string of the molecule is COc1ccc2c(c1)[C@H](NS(=O)(=O)c1ccc3c(c1)sc(=O)n3Cc1ccccc1)CC(C)(C)O2. The number of fused-ring (bicyclic) bond motifs is 2. The molecule has 1 aliphatic heterocycles. The Morgan fingerprint density at radius 2 is 1.89 bits per heavy atom. The smallest absolute Gasteiger partial charge is 0.308 e. The Morgan fingerprint density at radius 1 is 1.11 bits per heavy atom. The van der Waals surface area contributed by atoms with Crippen LogP contribution in [0.25, 0.3) is 10.2 Å². The number of sulfonamides is 1. The van der Waals surface area contributed by atoms with Gasteiger partial charge in [-0.05, 0) is 55.8 Å². The monoisotopic (exact) mass is 510 g/mol. The molecule has 0 saturated heterocycles. The summed E-state index contributed by atoms with van der Waals surface area (Å²) in [6.45, 7) is 4.29. The Hall–Kier alpha value is -3.14. The number of thiazole rings is 1. The van der Waals surface area contributed by atoms with Gasteiger partial charge in [0, 0.05) is 12.0 Å². The molecule has 182 valence electrons. The molecule has 4 aromatic rings. The van der Waals surface area contributed by atoms with Gasteiger partial charge in [-0.1, -0.05) is 41.7 Å². The van der Waals surface area contributed by atoms with Crippen LogP contribution in [-0.4, -0.2) is 25.7 Å². The second-order valence-corrected chi connectivity index (χ2v) is 11.9. The van der Waals surface area contributed by atoms with Crippen molar-refractivity contribution in [2.24, 2.45) is 0 Å². The zero-order chi connectivity index (χ0) is 24.8. The van der Waals surface area contributed by atoms with Gasteiger partial charge in [0.25, 0.3) is 0 Å². The van der Waals surface area contributed by atoms with Crippen molar-refractivity contribution in [2.75, 3.05) is 7.11 Å². The number of nitrogens with zero attached hydrogens (tertiary/aromatic N) is 1. The van der Waals surface area contributed by atoms with Crippen LogP contribution in [0, 0.1) is 0 Å². The van der Waals surface area contributed by atoms with Crippen molar-refractivity contribution in [3.05, 3.63) is 87.5 Å². The summed E-state index contributed by atoms with van der Waals surface area (Å²) in [5.74, 6) is 1.25. The van der Waals surface area contributed by atoms with Crippen LogP contribution in [-0.2, 0) is 16.6 Å². The Bertz CT molecular complexity index is 1560. The van der Waals surface area contributed by atoms with Gasteiger partial charge >= 0.3 is 4.87 Å². The predicted molar refractivity (Wildman–Crippen MR) is 137 cm³/mol. The predicted octanol–water partition coefficient (Wildman–Crippen LogP) is 4.70. The van der Waals surface area contributed by atoms with Gasteiger partial charge in [-0.25, -0.2) is 13.1 Å². The van der Waals surface area contributed by atoms with E-state index in [9.17, 15) is 13.2 Å². The molecule has 0 bridgehead atoms. The minimum absolute atomic E-state index is 0.117. The largest absolute Gasteiger partial charge is 0.497 e. The topological polar surface area (TPSA) is 86.6 Å². The van der Waals surface area contributed by atoms with E-state index < -0.39 is 21.7 Å². The summed E-state index contributed by atoms with van der Waals surface area (Å²) in [6, 6.07) is 19.4. The van der Waals surface area contributed by atoms with Gasteiger partial charge < -0.3 is 9.47 Å². The third kappa shape index (κ3) is 4.71. The molecule has 1 aliphatic rings. The van der Waals surface area contributed by atoms with Crippen molar-refractivity contribution in [1.82, 2.24) is 9.29 Å². The van der Waals surface area contributed by atoms with Crippen molar-refractivity contribution in [2.45, 2.75) is 43.4 Å². The van der Waals surface area contributed by atoms with Crippen molar-refractivity contribution in [3.8, 4) is 11.5 Å². The third-order valence-corrected chi connectivity index (χ3v) is 8.52. The molecule has 3 aromatic carbocycles. The lowest BCUT2D eigenvalue weighted by Gasteiger charge is -2.37. The maximum atomic E-state index is 13.4. The zero-order valence-electron chi connectivity index (χ0n) is 19.6. The van der Waals surface area contributed by atoms with E-state index in [1.807, 2.05) is 44.2 Å². The first kappa shape index (κ1) is 23.6. The Morgan fingerprint density at radius 3 is 2.63 bits per heavy atom. The average molecular weight is 511 g/mol. The lowest BCUT2D eigenvalue weighted by Crippen LogP contribution is -2.41. The Kier molecular flexibility index (Phi) is 5.94. The molecule has 0 fully saturated rings. The van der Waals surface area contributed by atoms with E-state index in [2.05, 4.69) is 4.72 Å². The standard InChI is InChI=1S/C26H26N2O5S2/c1-26(2)15-21(20-13-18(32-3)9-12-23(20)33-26)27-35(30,31)19-10-11-22-24(14-19)34-25(29)28(22)16-17-7-5-4-6-8-17/h4-14,21,27H,15-16H2,1-3H3/t21-/m1/s1. The van der Waals surface area contributed by atoms with Crippen LogP contribution in [0.3, 0.4) is 0 Å². The van der Waals surface area contributed by atoms with Crippen LogP contribution in [0.15, 0.2) is 76.4 Å². The molecule has 0 saturated carbocycles. The van der Waals surface area contributed by atoms with Crippen molar-refractivity contribution in [1.29, 1.82) is 0 Å². The molecule has 5 rings (SSSR count). The molecule has 7 nitrogen and oxygen atoms in total. The van der Waals surface area contributed by atoms with Gasteiger partial charge in [0.1, 0.15) is 17.1 Å². The average Bonchev–Trinajstić information content (AvgIpc) is 3.13. The molecule has 1 atom stereocenters. The van der Waals surface area contributed by atoms with Crippen LogP contribution >= 0.6 is 11.3 Å². The van der Waals surface area contributed by atoms with E-state index in [-0.39, 0.29) is 9.77 Å². The van der Waals surface area contributed by atoms with Gasteiger partial charge in [-0.3, -0.25) is 9.36 Å². The Labute approximate surface area is 208 Å². The van der Waals surface area contributed by atoms with Crippen LogP contribution in [0.2, 0.25) is 0 Å². The van der Waals surface area contributed by atoms with Crippen LogP contribution in [0.5, 0.6) is 11.5 Å². The highest BCUT2D eigenvalue weighted by Gasteiger charge is 2.36. The van der Waals surface area contributed by atoms with Crippen molar-refractivity contribution in [3.63, 3.8) is 0 Å². The summed E-state index contributed by atoms with van der Waals surface area (Å²) in [7, 11) is -2.31. The highest BCUT2D eigenvalue weighted by molar-refractivity contribution is 7.89. The van der Waals surface area contributed by atoms with E-state index >= 15 is 0 Å². The highest BCUT2D eigenvalue weighted by Crippen LogP contribution is 2.41. The number of aromatic nitrogens is 1. The van der Waals surface area contributed by atoms with Crippen LogP contribution in [0.4, 0.5) is 0 Å². The van der Waals surface area contributed by atoms with Gasteiger partial charge in [-0.15, -0.1) is 0 Å². The fraction of sp³-hybridized carbons (Fsp3) is 0.269. The number of methoxy groups -OCH3 is 1. The number of hydrogen-bond donors (Lipinski definition) is 1. The number of rotatable bonds is 6. The summed E-state index contributed by atoms with van der Waals surface area (Å²) < 4.78 is 43.4. The second-order valence-electron chi connectivity index (χ2n) is 9.21. The van der Waals surface area contributed by atoms with Gasteiger partial charge in [0.2, 0.25) is 10.0 Å². The molecule has 2 heterocycles. The number of ether oxygens (including phenoxy) is 2. The molecule has 9 heteroatoms. The lowest BCUT2D eigenvalue weighted by atomic mass is 9.90. The molecule has 1 aromatic heterocycles. The number of nitrogens with one attached hydrogen (secondary N) is 1. The first-order chi connectivity index (χ1) is 16.6. The van der Waals surface area contributed by atoms with Gasteiger partial charge in [0.15, 0.2) is 0 Å². The van der Waals surface area contributed by atoms with Crippen molar-refractivity contribution < 1.29 is 17.9 Å². The summed E-state index contributed by atoms with van der Waals surface area (Å²) in [5.41, 5.74) is 1.90. The fourth-order valence-corrected chi connectivity index (χ4v) is 6.70. The minimum atomic E-state index is -3.88. The summed E-state index contributed by atoms with van der Waals surface area (Å²) >= 11 is 1.05. The lowest BCUT2D eigenvalue weighted by molar-refractivity contribution is 0.0700. The maximum absolute atomic E-state index is 13.4. The molecular formula is C26H26N2O5S2. The molecular weight excluding hydrogens is 484 g/mol. The molecule has 1 N–H and O–H groups in total. The summed E-state index contributed by atoms with van der Waals surface area (Å²) in [6.07, 6.45) is 0.454. The number of benzene rings is 3. The maximum Gasteiger partial charge on any atom is 0.308 e. The first-order valence-corrected chi connectivity index (χ1v) is 13.5. The molecule has 35 heavy (non-hydrogen) atoms.